The van der Waals surface area contributed by atoms with E-state index in [4.69, 9.17) is 16.3 Å². The zero-order valence-electron chi connectivity index (χ0n) is 19.0. The zero-order valence-corrected chi connectivity index (χ0v) is 19.8. The number of carbonyl (C=O) groups is 2. The Morgan fingerprint density at radius 3 is 2.68 bits per heavy atom. The molecule has 6 heteroatoms. The van der Waals surface area contributed by atoms with Crippen molar-refractivity contribution in [1.82, 2.24) is 9.80 Å². The fourth-order valence-corrected chi connectivity index (χ4v) is 6.35. The number of carbonyl (C=O) groups excluding carboxylic acids is 2. The van der Waals surface area contributed by atoms with Crippen molar-refractivity contribution in [2.75, 3.05) is 19.7 Å². The van der Waals surface area contributed by atoms with Crippen LogP contribution in [0.4, 0.5) is 4.79 Å². The van der Waals surface area contributed by atoms with E-state index in [0.717, 1.165) is 67.8 Å². The van der Waals surface area contributed by atoms with Crippen LogP contribution in [0.25, 0.3) is 0 Å². The fourth-order valence-electron chi connectivity index (χ4n) is 6.18. The van der Waals surface area contributed by atoms with Crippen LogP contribution < -0.4 is 0 Å². The predicted molar refractivity (Wildman–Crippen MR) is 123 cm³/mol. The zero-order chi connectivity index (χ0) is 22.2. The van der Waals surface area contributed by atoms with Crippen LogP contribution in [0, 0.1) is 0 Å². The second-order valence-corrected chi connectivity index (χ2v) is 10.0. The highest BCUT2D eigenvalue weighted by Gasteiger charge is 2.46. The molecule has 3 aliphatic rings. The van der Waals surface area contributed by atoms with Crippen molar-refractivity contribution >= 4 is 23.5 Å². The average Bonchev–Trinajstić information content (AvgIpc) is 3.24. The van der Waals surface area contributed by atoms with Gasteiger partial charge in [0.2, 0.25) is 0 Å². The minimum Gasteiger partial charge on any atom is -0.450 e. The molecule has 2 saturated heterocycles. The molecule has 3 atom stereocenters. The summed E-state index contributed by atoms with van der Waals surface area (Å²) in [5, 5.41) is 0.719. The van der Waals surface area contributed by atoms with Crippen molar-refractivity contribution in [3.8, 4) is 0 Å². The van der Waals surface area contributed by atoms with Crippen LogP contribution in [0.3, 0.4) is 0 Å². The lowest BCUT2D eigenvalue weighted by Crippen LogP contribution is -2.49. The number of benzene rings is 1. The van der Waals surface area contributed by atoms with Gasteiger partial charge in [-0.3, -0.25) is 4.79 Å². The van der Waals surface area contributed by atoms with Crippen molar-refractivity contribution in [2.45, 2.75) is 89.3 Å². The number of Topliss-reactive ketones (excluding diaryl/α,β-unsaturated/α-hetero) is 1. The highest BCUT2D eigenvalue weighted by atomic mass is 35.5. The smallest absolute Gasteiger partial charge is 0.410 e. The van der Waals surface area contributed by atoms with Gasteiger partial charge in [-0.15, -0.1) is 0 Å². The van der Waals surface area contributed by atoms with E-state index < -0.39 is 0 Å². The number of hydrogen-bond acceptors (Lipinski definition) is 4. The van der Waals surface area contributed by atoms with Gasteiger partial charge in [-0.2, -0.15) is 0 Å². The van der Waals surface area contributed by atoms with Crippen molar-refractivity contribution < 1.29 is 14.3 Å². The number of piperidine rings is 1. The van der Waals surface area contributed by atoms with E-state index in [0.29, 0.717) is 19.1 Å². The van der Waals surface area contributed by atoms with Crippen LogP contribution in [-0.2, 0) is 10.2 Å². The summed E-state index contributed by atoms with van der Waals surface area (Å²) in [5.41, 5.74) is 1.98. The van der Waals surface area contributed by atoms with E-state index in [1.807, 2.05) is 30.0 Å². The summed E-state index contributed by atoms with van der Waals surface area (Å²) in [4.78, 5) is 29.7. The van der Waals surface area contributed by atoms with E-state index in [9.17, 15) is 9.59 Å². The second kappa shape index (κ2) is 9.11. The van der Waals surface area contributed by atoms with Gasteiger partial charge in [0.15, 0.2) is 5.78 Å². The molecule has 0 radical (unpaired) electrons. The first kappa shape index (κ1) is 22.6. The van der Waals surface area contributed by atoms with Gasteiger partial charge in [-0.05, 0) is 89.2 Å². The third-order valence-corrected chi connectivity index (χ3v) is 8.14. The summed E-state index contributed by atoms with van der Waals surface area (Å²) in [6.45, 7) is 8.63. The minimum atomic E-state index is -0.164. The third kappa shape index (κ3) is 4.23. The van der Waals surface area contributed by atoms with E-state index in [2.05, 4.69) is 18.7 Å². The topological polar surface area (TPSA) is 49.9 Å². The molecule has 3 unspecified atom stereocenters. The molecule has 1 aromatic rings. The molecular weight excluding hydrogens is 412 g/mol. The maximum absolute atomic E-state index is 12.6. The Kier molecular flexibility index (Phi) is 6.64. The highest BCUT2D eigenvalue weighted by molar-refractivity contribution is 6.30. The van der Waals surface area contributed by atoms with Crippen molar-refractivity contribution in [3.63, 3.8) is 0 Å². The molecule has 0 bridgehead atoms. The molecule has 31 heavy (non-hydrogen) atoms. The highest BCUT2D eigenvalue weighted by Crippen LogP contribution is 2.47. The molecule has 1 spiro atoms. The molecule has 5 nitrogen and oxygen atoms in total. The van der Waals surface area contributed by atoms with Crippen LogP contribution >= 0.6 is 11.6 Å². The van der Waals surface area contributed by atoms with Crippen LogP contribution in [0.2, 0.25) is 5.02 Å². The Balaban J connectivity index is 1.43. The van der Waals surface area contributed by atoms with Crippen molar-refractivity contribution in [1.29, 1.82) is 0 Å². The first-order valence-electron chi connectivity index (χ1n) is 11.9. The third-order valence-electron chi connectivity index (χ3n) is 7.90. The van der Waals surface area contributed by atoms with E-state index in [-0.39, 0.29) is 29.4 Å². The minimum absolute atomic E-state index is 0.0506. The second-order valence-electron chi connectivity index (χ2n) is 9.59. The Bertz CT molecular complexity index is 834. The summed E-state index contributed by atoms with van der Waals surface area (Å²) < 4.78 is 5.33. The SMILES string of the molecule is CCOC(=O)N1C(C)CCC1CC(CC)N1CCC2(CC1)CC(=O)c1ccc(Cl)cc12. The normalized spacial score (nSPS) is 26.3. The van der Waals surface area contributed by atoms with Gasteiger partial charge in [0.05, 0.1) is 6.61 Å². The largest absolute Gasteiger partial charge is 0.450 e. The number of halogens is 1. The molecule has 0 saturated carbocycles. The summed E-state index contributed by atoms with van der Waals surface area (Å²) in [6, 6.07) is 6.70. The van der Waals surface area contributed by atoms with Crippen LogP contribution in [0.5, 0.6) is 0 Å². The fraction of sp³-hybridized carbons (Fsp3) is 0.680. The number of amides is 1. The number of rotatable bonds is 5. The molecule has 4 rings (SSSR count). The van der Waals surface area contributed by atoms with Gasteiger partial charge in [0, 0.05) is 40.5 Å². The van der Waals surface area contributed by atoms with Gasteiger partial charge in [-0.1, -0.05) is 18.5 Å². The van der Waals surface area contributed by atoms with Crippen molar-refractivity contribution in [2.24, 2.45) is 0 Å². The number of hydrogen-bond donors (Lipinski definition) is 0. The Morgan fingerprint density at radius 1 is 1.26 bits per heavy atom. The lowest BCUT2D eigenvalue weighted by molar-refractivity contribution is 0.0659. The van der Waals surface area contributed by atoms with Crippen molar-refractivity contribution in [3.05, 3.63) is 34.3 Å². The van der Waals surface area contributed by atoms with Gasteiger partial charge in [-0.25, -0.2) is 4.79 Å². The summed E-state index contributed by atoms with van der Waals surface area (Å²) >= 11 is 6.28. The molecular formula is C25H35ClN2O3. The molecule has 1 aromatic carbocycles. The number of nitrogens with zero attached hydrogens (tertiary/aromatic N) is 2. The molecule has 0 aromatic heterocycles. The monoisotopic (exact) mass is 446 g/mol. The summed E-state index contributed by atoms with van der Waals surface area (Å²) in [7, 11) is 0. The van der Waals surface area contributed by atoms with Gasteiger partial charge in [0.1, 0.15) is 0 Å². The van der Waals surface area contributed by atoms with Gasteiger partial charge >= 0.3 is 6.09 Å². The first-order chi connectivity index (χ1) is 14.9. The van der Waals surface area contributed by atoms with E-state index in [1.54, 1.807) is 0 Å². The Hall–Kier alpha value is -1.59. The lowest BCUT2D eigenvalue weighted by Gasteiger charge is -2.44. The Labute approximate surface area is 191 Å². The van der Waals surface area contributed by atoms with E-state index in [1.165, 1.54) is 0 Å². The first-order valence-corrected chi connectivity index (χ1v) is 12.3. The molecule has 2 aliphatic heterocycles. The molecule has 170 valence electrons. The van der Waals surface area contributed by atoms with Crippen LogP contribution in [0.1, 0.15) is 81.6 Å². The lowest BCUT2D eigenvalue weighted by atomic mass is 9.73. The predicted octanol–water partition coefficient (Wildman–Crippen LogP) is 5.44. The molecule has 0 N–H and O–H groups in total. The summed E-state index contributed by atoms with van der Waals surface area (Å²) in [5.74, 6) is 0.261. The number of ketones is 1. The number of ether oxygens (including phenoxy) is 1. The molecule has 2 fully saturated rings. The summed E-state index contributed by atoms with van der Waals surface area (Å²) in [6.07, 6.45) is 6.59. The molecule has 1 aliphatic carbocycles. The van der Waals surface area contributed by atoms with Gasteiger partial charge in [0.25, 0.3) is 0 Å². The number of fused-ring (bicyclic) bond motifs is 2. The molecule has 2 heterocycles. The quantitative estimate of drug-likeness (QED) is 0.604. The number of likely N-dealkylation sites (tertiary alicyclic amines) is 2. The van der Waals surface area contributed by atoms with E-state index >= 15 is 0 Å². The van der Waals surface area contributed by atoms with Crippen LogP contribution in [-0.4, -0.2) is 59.5 Å². The molecule has 1 amide bonds. The van der Waals surface area contributed by atoms with Gasteiger partial charge < -0.3 is 14.5 Å². The Morgan fingerprint density at radius 2 is 2.00 bits per heavy atom. The maximum Gasteiger partial charge on any atom is 0.410 e. The maximum atomic E-state index is 12.6. The van der Waals surface area contributed by atoms with Crippen LogP contribution in [0.15, 0.2) is 18.2 Å². The average molecular weight is 447 g/mol. The standard InChI is InChI=1S/C25H35ClN2O3/c1-4-19(15-20-8-6-17(3)28(20)24(30)31-5-2)27-12-10-25(11-13-27)16-23(29)21-9-7-18(26)14-22(21)25/h7,9,14,17,19-20H,4-6,8,10-13,15-16H2,1-3H3.